The van der Waals surface area contributed by atoms with Gasteiger partial charge in [0.1, 0.15) is 4.90 Å². The molecule has 0 aliphatic heterocycles. The number of nitrogens with one attached hydrogen (secondary N) is 2. The first kappa shape index (κ1) is 16.1. The molecule has 19 heavy (non-hydrogen) atoms. The maximum Gasteiger partial charge on any atom is 0.244 e. The highest BCUT2D eigenvalue weighted by Crippen LogP contribution is 2.18. The lowest BCUT2D eigenvalue weighted by atomic mass is 10.1. The number of nitrogens with zero attached hydrogens (tertiary/aromatic N) is 1. The van der Waals surface area contributed by atoms with Gasteiger partial charge in [-0.3, -0.25) is 5.10 Å². The Balaban J connectivity index is 2.78. The molecule has 0 radical (unpaired) electrons. The van der Waals surface area contributed by atoms with Crippen LogP contribution in [0.1, 0.15) is 50.9 Å². The van der Waals surface area contributed by atoms with Crippen LogP contribution in [-0.4, -0.2) is 24.7 Å². The molecular weight excluding hydrogens is 264 g/mol. The Morgan fingerprint density at radius 2 is 2.11 bits per heavy atom. The van der Waals surface area contributed by atoms with Gasteiger partial charge in [-0.05, 0) is 20.3 Å². The fourth-order valence-corrected chi connectivity index (χ4v) is 3.70. The van der Waals surface area contributed by atoms with Crippen LogP contribution in [0.5, 0.6) is 0 Å². The van der Waals surface area contributed by atoms with Crippen molar-refractivity contribution in [1.29, 1.82) is 0 Å². The SMILES string of the molecule is CCCCCC(C)NS(=O)(=O)c1c(CN)n[nH]c1C. The molecule has 0 aromatic carbocycles. The molecule has 0 saturated carbocycles. The molecule has 0 saturated heterocycles. The topological polar surface area (TPSA) is 101 Å². The van der Waals surface area contributed by atoms with Crippen molar-refractivity contribution >= 4 is 10.0 Å². The van der Waals surface area contributed by atoms with Crippen LogP contribution in [0.4, 0.5) is 0 Å². The minimum Gasteiger partial charge on any atom is -0.325 e. The molecule has 1 rings (SSSR count). The quantitative estimate of drug-likeness (QED) is 0.630. The zero-order chi connectivity index (χ0) is 14.5. The molecular formula is C12H24N4O2S. The van der Waals surface area contributed by atoms with Crippen molar-refractivity contribution in [1.82, 2.24) is 14.9 Å². The summed E-state index contributed by atoms with van der Waals surface area (Å²) in [6.07, 6.45) is 4.10. The molecule has 1 unspecified atom stereocenters. The highest BCUT2D eigenvalue weighted by molar-refractivity contribution is 7.89. The number of aromatic nitrogens is 2. The Morgan fingerprint density at radius 3 is 2.68 bits per heavy atom. The highest BCUT2D eigenvalue weighted by Gasteiger charge is 2.24. The van der Waals surface area contributed by atoms with Crippen molar-refractivity contribution in [3.63, 3.8) is 0 Å². The number of H-pyrrole nitrogens is 1. The van der Waals surface area contributed by atoms with Gasteiger partial charge in [-0.2, -0.15) is 5.10 Å². The normalized spacial score (nSPS) is 13.7. The summed E-state index contributed by atoms with van der Waals surface area (Å²) >= 11 is 0. The lowest BCUT2D eigenvalue weighted by Crippen LogP contribution is -2.33. The van der Waals surface area contributed by atoms with Crippen LogP contribution in [0.2, 0.25) is 0 Å². The molecule has 0 spiro atoms. The number of hydrogen-bond acceptors (Lipinski definition) is 4. The number of hydrogen-bond donors (Lipinski definition) is 3. The van der Waals surface area contributed by atoms with Gasteiger partial charge in [0.15, 0.2) is 0 Å². The summed E-state index contributed by atoms with van der Waals surface area (Å²) in [5.74, 6) is 0. The van der Waals surface area contributed by atoms with Gasteiger partial charge in [0.05, 0.1) is 11.4 Å². The van der Waals surface area contributed by atoms with Crippen molar-refractivity contribution in [2.24, 2.45) is 5.73 Å². The molecule has 1 heterocycles. The van der Waals surface area contributed by atoms with Crippen LogP contribution in [0.15, 0.2) is 4.90 Å². The zero-order valence-corrected chi connectivity index (χ0v) is 12.7. The summed E-state index contributed by atoms with van der Waals surface area (Å²) in [7, 11) is -3.55. The van der Waals surface area contributed by atoms with E-state index in [1.807, 2.05) is 6.92 Å². The van der Waals surface area contributed by atoms with Crippen LogP contribution in [0.3, 0.4) is 0 Å². The second-order valence-corrected chi connectivity index (χ2v) is 6.50. The summed E-state index contributed by atoms with van der Waals surface area (Å²) in [5.41, 5.74) is 6.42. The molecule has 1 aromatic heterocycles. The van der Waals surface area contributed by atoms with Gasteiger partial charge in [-0.1, -0.05) is 26.2 Å². The summed E-state index contributed by atoms with van der Waals surface area (Å²) in [6, 6.07) is -0.0866. The number of nitrogens with two attached hydrogens (primary N) is 1. The first-order chi connectivity index (χ1) is 8.92. The molecule has 1 atom stereocenters. The predicted octanol–water partition coefficient (Wildman–Crippen LogP) is 1.42. The first-order valence-corrected chi connectivity index (χ1v) is 8.17. The molecule has 7 heteroatoms. The zero-order valence-electron chi connectivity index (χ0n) is 11.9. The molecule has 4 N–H and O–H groups in total. The number of sulfonamides is 1. The fourth-order valence-electron chi connectivity index (χ4n) is 2.05. The number of rotatable bonds is 8. The summed E-state index contributed by atoms with van der Waals surface area (Å²) < 4.78 is 27.3. The Bertz CT molecular complexity index is 496. The van der Waals surface area contributed by atoms with Crippen LogP contribution < -0.4 is 10.5 Å². The minimum absolute atomic E-state index is 0.0866. The summed E-state index contributed by atoms with van der Waals surface area (Å²) in [5, 5.41) is 6.58. The van der Waals surface area contributed by atoms with Crippen LogP contribution >= 0.6 is 0 Å². The van der Waals surface area contributed by atoms with Gasteiger partial charge < -0.3 is 5.73 Å². The van der Waals surface area contributed by atoms with E-state index in [0.717, 1.165) is 25.7 Å². The van der Waals surface area contributed by atoms with E-state index in [4.69, 9.17) is 5.73 Å². The van der Waals surface area contributed by atoms with Gasteiger partial charge in [0.25, 0.3) is 0 Å². The third-order valence-corrected chi connectivity index (χ3v) is 4.81. The van der Waals surface area contributed by atoms with E-state index in [1.165, 1.54) is 0 Å². The molecule has 0 fully saturated rings. The molecule has 0 aliphatic rings. The number of aromatic amines is 1. The maximum atomic E-state index is 12.3. The highest BCUT2D eigenvalue weighted by atomic mass is 32.2. The van der Waals surface area contributed by atoms with Crippen molar-refractivity contribution in [3.05, 3.63) is 11.4 Å². The first-order valence-electron chi connectivity index (χ1n) is 6.68. The lowest BCUT2D eigenvalue weighted by molar-refractivity contribution is 0.526. The van der Waals surface area contributed by atoms with Gasteiger partial charge in [-0.25, -0.2) is 13.1 Å². The molecule has 0 amide bonds. The van der Waals surface area contributed by atoms with E-state index >= 15 is 0 Å². The lowest BCUT2D eigenvalue weighted by Gasteiger charge is -2.14. The average Bonchev–Trinajstić information content (AvgIpc) is 2.70. The monoisotopic (exact) mass is 288 g/mol. The van der Waals surface area contributed by atoms with E-state index in [0.29, 0.717) is 11.4 Å². The number of unbranched alkanes of at least 4 members (excludes halogenated alkanes) is 2. The second kappa shape index (κ2) is 7.02. The minimum atomic E-state index is -3.55. The standard InChI is InChI=1S/C12H24N4O2S/c1-4-5-6-7-9(2)16-19(17,18)12-10(3)14-15-11(12)8-13/h9,16H,4-8,13H2,1-3H3,(H,14,15). The van der Waals surface area contributed by atoms with Crippen molar-refractivity contribution in [2.75, 3.05) is 0 Å². The van der Waals surface area contributed by atoms with E-state index in [1.54, 1.807) is 6.92 Å². The Morgan fingerprint density at radius 1 is 1.42 bits per heavy atom. The van der Waals surface area contributed by atoms with Crippen molar-refractivity contribution in [3.8, 4) is 0 Å². The van der Waals surface area contributed by atoms with Crippen molar-refractivity contribution in [2.45, 2.75) is 63.9 Å². The van der Waals surface area contributed by atoms with Gasteiger partial charge >= 0.3 is 0 Å². The van der Waals surface area contributed by atoms with E-state index < -0.39 is 10.0 Å². The molecule has 0 bridgehead atoms. The van der Waals surface area contributed by atoms with Gasteiger partial charge in [-0.15, -0.1) is 0 Å². The second-order valence-electron chi connectivity index (χ2n) is 4.85. The van der Waals surface area contributed by atoms with Crippen LogP contribution in [0.25, 0.3) is 0 Å². The van der Waals surface area contributed by atoms with Crippen LogP contribution in [-0.2, 0) is 16.6 Å². The van der Waals surface area contributed by atoms with Crippen LogP contribution in [0, 0.1) is 6.92 Å². The van der Waals surface area contributed by atoms with E-state index in [2.05, 4.69) is 21.8 Å². The molecule has 0 aliphatic carbocycles. The fraction of sp³-hybridized carbons (Fsp3) is 0.750. The molecule has 110 valence electrons. The maximum absolute atomic E-state index is 12.3. The average molecular weight is 288 g/mol. The largest absolute Gasteiger partial charge is 0.325 e. The van der Waals surface area contributed by atoms with E-state index in [9.17, 15) is 8.42 Å². The summed E-state index contributed by atoms with van der Waals surface area (Å²) in [6.45, 7) is 5.79. The Hall–Kier alpha value is -0.920. The Kier molecular flexibility index (Phi) is 5.96. The predicted molar refractivity (Wildman–Crippen MR) is 75.1 cm³/mol. The van der Waals surface area contributed by atoms with Crippen molar-refractivity contribution < 1.29 is 8.42 Å². The Labute approximate surface area is 115 Å². The van der Waals surface area contributed by atoms with E-state index in [-0.39, 0.29) is 17.5 Å². The number of aryl methyl sites for hydroxylation is 1. The molecule has 1 aromatic rings. The smallest absolute Gasteiger partial charge is 0.244 e. The third-order valence-electron chi connectivity index (χ3n) is 3.02. The third kappa shape index (κ3) is 4.29. The van der Waals surface area contributed by atoms with Gasteiger partial charge in [0.2, 0.25) is 10.0 Å². The van der Waals surface area contributed by atoms with Gasteiger partial charge in [0, 0.05) is 12.6 Å². The molecule has 6 nitrogen and oxygen atoms in total. The summed E-state index contributed by atoms with van der Waals surface area (Å²) in [4.78, 5) is 0.192.